The molecule has 0 atom stereocenters. The Morgan fingerprint density at radius 2 is 1.85 bits per heavy atom. The van der Waals surface area contributed by atoms with Crippen molar-refractivity contribution in [3.63, 3.8) is 0 Å². The van der Waals surface area contributed by atoms with E-state index in [0.29, 0.717) is 25.3 Å². The number of benzene rings is 1. The molecule has 1 aromatic rings. The largest absolute Gasteiger partial charge is 0.487 e. The van der Waals surface area contributed by atoms with Gasteiger partial charge in [-0.3, -0.25) is 15.0 Å². The summed E-state index contributed by atoms with van der Waals surface area (Å²) >= 11 is 0. The maximum absolute atomic E-state index is 11.3. The van der Waals surface area contributed by atoms with Gasteiger partial charge in [0, 0.05) is 56.8 Å². The molecule has 8 nitrogen and oxygen atoms in total. The average molecular weight is 385 g/mol. The molecule has 2 rings (SSSR count). The number of anilines is 1. The highest BCUT2D eigenvalue weighted by atomic mass is 32.2. The molecule has 1 fully saturated rings. The molecule has 0 saturated carbocycles. The van der Waals surface area contributed by atoms with E-state index < -0.39 is 14.8 Å². The first-order valence-corrected chi connectivity index (χ1v) is 10.9. The molecule has 0 aromatic heterocycles. The number of nitrogens with zero attached hydrogens (tertiary/aromatic N) is 3. The fraction of sp³-hybridized carbons (Fsp3) is 0.647. The van der Waals surface area contributed by atoms with Gasteiger partial charge < -0.3 is 9.64 Å². The van der Waals surface area contributed by atoms with Crippen molar-refractivity contribution in [2.45, 2.75) is 20.3 Å². The van der Waals surface area contributed by atoms with E-state index in [1.165, 1.54) is 6.26 Å². The topological polar surface area (TPSA) is 93.0 Å². The number of nitro benzene ring substituents is 1. The fourth-order valence-corrected chi connectivity index (χ4v) is 3.69. The minimum atomic E-state index is -2.96. The fourth-order valence-electron chi connectivity index (χ4n) is 3.10. The molecule has 1 saturated heterocycles. The van der Waals surface area contributed by atoms with Gasteiger partial charge in [0.25, 0.3) is 0 Å². The normalized spacial score (nSPS) is 15.9. The quantitative estimate of drug-likeness (QED) is 0.497. The van der Waals surface area contributed by atoms with E-state index in [-0.39, 0.29) is 11.4 Å². The van der Waals surface area contributed by atoms with Gasteiger partial charge in [-0.25, -0.2) is 8.42 Å². The van der Waals surface area contributed by atoms with Crippen LogP contribution >= 0.6 is 0 Å². The first-order valence-electron chi connectivity index (χ1n) is 8.84. The summed E-state index contributed by atoms with van der Waals surface area (Å²) < 4.78 is 28.1. The molecule has 0 amide bonds. The predicted octanol–water partition coefficient (Wildman–Crippen LogP) is 1.72. The molecule has 146 valence electrons. The number of hydrogen-bond acceptors (Lipinski definition) is 7. The molecule has 0 aliphatic carbocycles. The van der Waals surface area contributed by atoms with E-state index in [1.54, 1.807) is 19.1 Å². The Morgan fingerprint density at radius 3 is 2.35 bits per heavy atom. The Hall–Kier alpha value is -1.87. The molecule has 1 aliphatic rings. The van der Waals surface area contributed by atoms with Crippen molar-refractivity contribution < 1.29 is 18.1 Å². The van der Waals surface area contributed by atoms with Crippen LogP contribution in [0.15, 0.2) is 12.1 Å². The number of nitro groups is 1. The highest BCUT2D eigenvalue weighted by molar-refractivity contribution is 7.90. The van der Waals surface area contributed by atoms with Gasteiger partial charge in [0.15, 0.2) is 5.75 Å². The Balaban J connectivity index is 2.16. The number of ether oxygens (including phenoxy) is 1. The van der Waals surface area contributed by atoms with Gasteiger partial charge in [0.1, 0.15) is 9.84 Å². The number of sulfone groups is 1. The van der Waals surface area contributed by atoms with Crippen molar-refractivity contribution in [1.29, 1.82) is 0 Å². The van der Waals surface area contributed by atoms with Crippen LogP contribution in [0.25, 0.3) is 0 Å². The third-order valence-corrected chi connectivity index (χ3v) is 5.45. The van der Waals surface area contributed by atoms with Crippen LogP contribution in [-0.4, -0.2) is 69.6 Å². The molecule has 0 spiro atoms. The highest BCUT2D eigenvalue weighted by Crippen LogP contribution is 2.36. The molecular weight excluding hydrogens is 358 g/mol. The van der Waals surface area contributed by atoms with Gasteiger partial charge in [0.05, 0.1) is 17.3 Å². The molecule has 0 radical (unpaired) electrons. The minimum absolute atomic E-state index is 0.000705. The van der Waals surface area contributed by atoms with Gasteiger partial charge in [-0.2, -0.15) is 0 Å². The summed E-state index contributed by atoms with van der Waals surface area (Å²) in [5, 5.41) is 11.3. The van der Waals surface area contributed by atoms with Crippen molar-refractivity contribution in [2.75, 3.05) is 56.2 Å². The minimum Gasteiger partial charge on any atom is -0.487 e. The lowest BCUT2D eigenvalue weighted by molar-refractivity contribution is -0.385. The first-order chi connectivity index (χ1) is 12.2. The summed E-state index contributed by atoms with van der Waals surface area (Å²) in [4.78, 5) is 15.2. The van der Waals surface area contributed by atoms with Gasteiger partial charge in [-0.15, -0.1) is 0 Å². The van der Waals surface area contributed by atoms with Crippen molar-refractivity contribution in [3.8, 4) is 5.75 Å². The van der Waals surface area contributed by atoms with Crippen LogP contribution in [0, 0.1) is 10.1 Å². The second kappa shape index (κ2) is 8.68. The van der Waals surface area contributed by atoms with Crippen LogP contribution < -0.4 is 9.64 Å². The molecular formula is C17H27N3O5S. The van der Waals surface area contributed by atoms with Crippen LogP contribution in [0.1, 0.15) is 19.4 Å². The second-order valence-corrected chi connectivity index (χ2v) is 8.71. The monoisotopic (exact) mass is 385 g/mol. The van der Waals surface area contributed by atoms with E-state index >= 15 is 0 Å². The molecule has 0 unspecified atom stereocenters. The highest BCUT2D eigenvalue weighted by Gasteiger charge is 2.24. The van der Waals surface area contributed by atoms with Gasteiger partial charge >= 0.3 is 5.69 Å². The third kappa shape index (κ3) is 5.31. The summed E-state index contributed by atoms with van der Waals surface area (Å²) in [7, 11) is -2.96. The smallest absolute Gasteiger partial charge is 0.311 e. The zero-order valence-corrected chi connectivity index (χ0v) is 16.4. The SMILES string of the molecule is CCOc1cc(N2CCN(CCS(C)(=O)=O)CC2)c(CC)cc1[N+](=O)[O-]. The van der Waals surface area contributed by atoms with Crippen LogP contribution in [0.2, 0.25) is 0 Å². The van der Waals surface area contributed by atoms with E-state index in [9.17, 15) is 18.5 Å². The number of hydrogen-bond donors (Lipinski definition) is 0. The summed E-state index contributed by atoms with van der Waals surface area (Å²) in [5.74, 6) is 0.461. The lowest BCUT2D eigenvalue weighted by Crippen LogP contribution is -2.47. The van der Waals surface area contributed by atoms with Gasteiger partial charge in [-0.05, 0) is 18.9 Å². The summed E-state index contributed by atoms with van der Waals surface area (Å²) in [6, 6.07) is 3.38. The van der Waals surface area contributed by atoms with Gasteiger partial charge in [0.2, 0.25) is 0 Å². The van der Waals surface area contributed by atoms with E-state index in [4.69, 9.17) is 4.74 Å². The molecule has 1 aliphatic heterocycles. The standard InChI is InChI=1S/C17H27N3O5S/c1-4-14-12-16(20(21)22)17(25-5-2)13-15(14)19-8-6-18(7-9-19)10-11-26(3,23)24/h12-13H,4-11H2,1-3H3. The van der Waals surface area contributed by atoms with E-state index in [1.807, 2.05) is 6.92 Å². The maximum Gasteiger partial charge on any atom is 0.311 e. The number of rotatable bonds is 8. The molecule has 0 N–H and O–H groups in total. The summed E-state index contributed by atoms with van der Waals surface area (Å²) in [6.45, 7) is 7.71. The average Bonchev–Trinajstić information content (AvgIpc) is 2.59. The van der Waals surface area contributed by atoms with E-state index in [2.05, 4.69) is 9.80 Å². The summed E-state index contributed by atoms with van der Waals surface area (Å²) in [6.07, 6.45) is 1.94. The first kappa shape index (κ1) is 20.4. The van der Waals surface area contributed by atoms with Crippen molar-refractivity contribution >= 4 is 21.2 Å². The Bertz CT molecular complexity index is 743. The number of piperazine rings is 1. The summed E-state index contributed by atoms with van der Waals surface area (Å²) in [5.41, 5.74) is 1.88. The zero-order chi connectivity index (χ0) is 19.3. The van der Waals surface area contributed by atoms with Gasteiger partial charge in [-0.1, -0.05) is 6.92 Å². The Morgan fingerprint density at radius 1 is 1.19 bits per heavy atom. The Labute approximate surface area is 154 Å². The van der Waals surface area contributed by atoms with Crippen LogP contribution in [-0.2, 0) is 16.3 Å². The third-order valence-electron chi connectivity index (χ3n) is 4.53. The van der Waals surface area contributed by atoms with Crippen molar-refractivity contribution in [1.82, 2.24) is 4.90 Å². The van der Waals surface area contributed by atoms with Crippen molar-refractivity contribution in [2.24, 2.45) is 0 Å². The van der Waals surface area contributed by atoms with Crippen LogP contribution in [0.5, 0.6) is 5.75 Å². The van der Waals surface area contributed by atoms with Crippen molar-refractivity contribution in [3.05, 3.63) is 27.8 Å². The maximum atomic E-state index is 11.3. The Kier molecular flexibility index (Phi) is 6.82. The predicted molar refractivity (Wildman–Crippen MR) is 102 cm³/mol. The second-order valence-electron chi connectivity index (χ2n) is 6.45. The van der Waals surface area contributed by atoms with E-state index in [0.717, 1.165) is 37.4 Å². The zero-order valence-electron chi connectivity index (χ0n) is 15.6. The molecule has 1 heterocycles. The lowest BCUT2D eigenvalue weighted by Gasteiger charge is -2.37. The lowest BCUT2D eigenvalue weighted by atomic mass is 10.1. The molecule has 26 heavy (non-hydrogen) atoms. The molecule has 1 aromatic carbocycles. The van der Waals surface area contributed by atoms with Crippen LogP contribution in [0.3, 0.4) is 0 Å². The molecule has 9 heteroatoms. The van der Waals surface area contributed by atoms with Crippen LogP contribution in [0.4, 0.5) is 11.4 Å². The molecule has 0 bridgehead atoms. The number of aryl methyl sites for hydroxylation is 1.